The Morgan fingerprint density at radius 3 is 2.21 bits per heavy atom. The van der Waals surface area contributed by atoms with Gasteiger partial charge in [-0.05, 0) is 78.1 Å². The monoisotopic (exact) mass is 582 g/mol. The summed E-state index contributed by atoms with van der Waals surface area (Å²) in [7, 11) is 0. The fourth-order valence-electron chi connectivity index (χ4n) is 3.38. The summed E-state index contributed by atoms with van der Waals surface area (Å²) >= 11 is 1.98. The second-order valence-electron chi connectivity index (χ2n) is 8.03. The van der Waals surface area contributed by atoms with Crippen molar-refractivity contribution in [3.05, 3.63) is 63.2 Å². The molecule has 0 saturated carbocycles. The maximum atomic E-state index is 13.0. The Morgan fingerprint density at radius 2 is 1.59 bits per heavy atom. The van der Waals surface area contributed by atoms with Crippen molar-refractivity contribution in [2.75, 3.05) is 6.54 Å². The summed E-state index contributed by atoms with van der Waals surface area (Å²) in [6.07, 6.45) is 1.83. The molecule has 0 aliphatic rings. The number of carboxylic acid groups (broad SMARTS) is 1. The number of halogens is 1. The second kappa shape index (κ2) is 13.9. The predicted molar refractivity (Wildman–Crippen MR) is 137 cm³/mol. The molecule has 2 rings (SSSR count). The first-order valence-electron chi connectivity index (χ1n) is 11.0. The Morgan fingerprint density at radius 1 is 0.912 bits per heavy atom. The summed E-state index contributed by atoms with van der Waals surface area (Å²) < 4.78 is 0.637. The third-order valence-electron chi connectivity index (χ3n) is 5.28. The maximum Gasteiger partial charge on any atom is 0.326 e. The van der Waals surface area contributed by atoms with Gasteiger partial charge in [0.05, 0.1) is 9.61 Å². The summed E-state index contributed by atoms with van der Waals surface area (Å²) in [5.74, 6) is -2.13. The molecule has 184 valence electrons. The van der Waals surface area contributed by atoms with Gasteiger partial charge in [-0.2, -0.15) is 0 Å². The smallest absolute Gasteiger partial charge is 0.326 e. The van der Waals surface area contributed by atoms with E-state index in [9.17, 15) is 24.6 Å². The van der Waals surface area contributed by atoms with Crippen molar-refractivity contribution in [1.29, 1.82) is 0 Å². The van der Waals surface area contributed by atoms with E-state index in [0.717, 1.165) is 11.1 Å². The number of aliphatic carboxylic acids is 1. The van der Waals surface area contributed by atoms with Crippen molar-refractivity contribution >= 4 is 40.4 Å². The number of nitrogens with one attached hydrogen (secondary N) is 2. The van der Waals surface area contributed by atoms with Gasteiger partial charge in [-0.3, -0.25) is 9.59 Å². The first-order chi connectivity index (χ1) is 16.2. The van der Waals surface area contributed by atoms with E-state index in [1.54, 1.807) is 12.1 Å². The van der Waals surface area contributed by atoms with E-state index in [0.29, 0.717) is 23.0 Å². The number of rotatable bonds is 13. The van der Waals surface area contributed by atoms with Gasteiger partial charge in [0.25, 0.3) is 0 Å². The summed E-state index contributed by atoms with van der Waals surface area (Å²) in [6.45, 7) is 0.435. The van der Waals surface area contributed by atoms with Crippen LogP contribution in [0.3, 0.4) is 0 Å². The lowest BCUT2D eigenvalue weighted by Gasteiger charge is -2.23. The van der Waals surface area contributed by atoms with Gasteiger partial charge in [-0.25, -0.2) is 4.79 Å². The quantitative estimate of drug-likeness (QED) is 0.153. The molecule has 0 aliphatic heterocycles. The minimum absolute atomic E-state index is 0.140. The fourth-order valence-corrected chi connectivity index (χ4v) is 3.96. The fraction of sp³-hybridized carbons (Fsp3) is 0.375. The van der Waals surface area contributed by atoms with E-state index in [1.165, 1.54) is 6.07 Å². The van der Waals surface area contributed by atoms with Gasteiger partial charge in [0.1, 0.15) is 17.8 Å². The molecule has 0 unspecified atom stereocenters. The van der Waals surface area contributed by atoms with Crippen molar-refractivity contribution in [1.82, 2.24) is 10.6 Å². The van der Waals surface area contributed by atoms with E-state index in [1.807, 2.05) is 52.9 Å². The van der Waals surface area contributed by atoms with E-state index >= 15 is 0 Å². The van der Waals surface area contributed by atoms with Crippen LogP contribution in [-0.4, -0.2) is 52.7 Å². The van der Waals surface area contributed by atoms with Crippen LogP contribution in [0, 0.1) is 3.57 Å². The number of phenols is 1. The maximum absolute atomic E-state index is 13.0. The van der Waals surface area contributed by atoms with Gasteiger partial charge >= 0.3 is 5.97 Å². The zero-order valence-electron chi connectivity index (χ0n) is 18.7. The van der Waals surface area contributed by atoms with Crippen LogP contribution in [0.2, 0.25) is 0 Å². The molecule has 8 N–H and O–H groups in total. The Labute approximate surface area is 212 Å². The Balaban J connectivity index is 2.11. The molecule has 34 heavy (non-hydrogen) atoms. The van der Waals surface area contributed by atoms with E-state index in [2.05, 4.69) is 10.6 Å². The number of carboxylic acids is 1. The molecule has 9 nitrogen and oxygen atoms in total. The van der Waals surface area contributed by atoms with E-state index in [-0.39, 0.29) is 25.0 Å². The zero-order valence-corrected chi connectivity index (χ0v) is 20.9. The van der Waals surface area contributed by atoms with Gasteiger partial charge in [0.15, 0.2) is 0 Å². The summed E-state index contributed by atoms with van der Waals surface area (Å²) in [4.78, 5) is 37.5. The van der Waals surface area contributed by atoms with Crippen molar-refractivity contribution in [2.24, 2.45) is 11.5 Å². The first kappa shape index (κ1) is 27.5. The van der Waals surface area contributed by atoms with E-state index < -0.39 is 35.9 Å². The Hall–Kier alpha value is -2.70. The summed E-state index contributed by atoms with van der Waals surface area (Å²) in [6, 6.07) is 11.0. The van der Waals surface area contributed by atoms with Crippen LogP contribution in [-0.2, 0) is 27.2 Å². The molecule has 0 bridgehead atoms. The average Bonchev–Trinajstić information content (AvgIpc) is 2.80. The molecule has 3 atom stereocenters. The lowest BCUT2D eigenvalue weighted by Crippen LogP contribution is -2.55. The molecule has 10 heteroatoms. The van der Waals surface area contributed by atoms with Gasteiger partial charge in [0.2, 0.25) is 11.8 Å². The van der Waals surface area contributed by atoms with Crippen molar-refractivity contribution < 1.29 is 24.6 Å². The number of phenolic OH excluding ortho intramolecular Hbond substituents is 1. The van der Waals surface area contributed by atoms with E-state index in [4.69, 9.17) is 11.5 Å². The molecule has 2 aromatic carbocycles. The highest BCUT2D eigenvalue weighted by Gasteiger charge is 2.28. The Bertz CT molecular complexity index is 973. The highest BCUT2D eigenvalue weighted by molar-refractivity contribution is 14.1. The lowest BCUT2D eigenvalue weighted by atomic mass is 10.0. The predicted octanol–water partition coefficient (Wildman–Crippen LogP) is 1.29. The van der Waals surface area contributed by atoms with Crippen LogP contribution in [0.4, 0.5) is 0 Å². The van der Waals surface area contributed by atoms with Crippen LogP contribution >= 0.6 is 22.6 Å². The molecule has 0 fully saturated rings. The average molecular weight is 582 g/mol. The zero-order chi connectivity index (χ0) is 25.1. The first-order valence-corrected chi connectivity index (χ1v) is 12.1. The Kier molecular flexibility index (Phi) is 11.2. The topological polar surface area (TPSA) is 168 Å². The summed E-state index contributed by atoms with van der Waals surface area (Å²) in [5.41, 5.74) is 13.1. The molecule has 0 radical (unpaired) electrons. The van der Waals surface area contributed by atoms with Crippen molar-refractivity contribution in [3.63, 3.8) is 0 Å². The third kappa shape index (κ3) is 8.92. The van der Waals surface area contributed by atoms with Crippen LogP contribution in [0.5, 0.6) is 5.75 Å². The lowest BCUT2D eigenvalue weighted by molar-refractivity contribution is -0.142. The minimum atomic E-state index is -1.14. The number of benzene rings is 2. The van der Waals surface area contributed by atoms with Gasteiger partial charge in [0, 0.05) is 6.42 Å². The highest BCUT2D eigenvalue weighted by Crippen LogP contribution is 2.20. The molecule has 2 aromatic rings. The molecule has 0 aliphatic carbocycles. The molecular weight excluding hydrogens is 551 g/mol. The van der Waals surface area contributed by atoms with Crippen LogP contribution < -0.4 is 22.1 Å². The third-order valence-corrected chi connectivity index (χ3v) is 6.15. The molecule has 0 saturated heterocycles. The molecule has 0 aromatic heterocycles. The van der Waals surface area contributed by atoms with Gasteiger partial charge < -0.3 is 32.3 Å². The standard InChI is InChI=1S/C24H31IN4O5/c25-17-12-16(9-10-21(17)30)13-18(27)22(31)29-20(14-15-6-2-1-3-7-15)23(32)28-19(24(33)34)8-4-5-11-26/h1-3,6-7,9-10,12,18-20,30H,4-5,8,11,13-14,26-27H2,(H,28,32)(H,29,31)(H,33,34)/t18-,19-,20-/m1/s1. The summed E-state index contributed by atoms with van der Waals surface area (Å²) in [5, 5.41) is 24.4. The van der Waals surface area contributed by atoms with Gasteiger partial charge in [-0.1, -0.05) is 36.4 Å². The number of amides is 2. The molecular formula is C24H31IN4O5. The molecule has 0 heterocycles. The number of carbonyl (C=O) groups excluding carboxylic acids is 2. The minimum Gasteiger partial charge on any atom is -0.507 e. The number of aromatic hydroxyl groups is 1. The normalized spacial score (nSPS) is 13.5. The number of hydrogen-bond donors (Lipinski definition) is 6. The van der Waals surface area contributed by atoms with Crippen LogP contribution in [0.15, 0.2) is 48.5 Å². The molecule has 0 spiro atoms. The van der Waals surface area contributed by atoms with Crippen LogP contribution in [0.25, 0.3) is 0 Å². The number of hydrogen-bond acceptors (Lipinski definition) is 6. The largest absolute Gasteiger partial charge is 0.507 e. The van der Waals surface area contributed by atoms with Crippen molar-refractivity contribution in [3.8, 4) is 5.75 Å². The highest BCUT2D eigenvalue weighted by atomic mass is 127. The number of unbranched alkanes of at least 4 members (excludes halogenated alkanes) is 1. The van der Waals surface area contributed by atoms with Crippen molar-refractivity contribution in [2.45, 2.75) is 50.2 Å². The van der Waals surface area contributed by atoms with Crippen LogP contribution in [0.1, 0.15) is 30.4 Å². The number of nitrogens with two attached hydrogens (primary N) is 2. The SMILES string of the molecule is NCCCC[C@@H](NC(=O)[C@@H](Cc1ccccc1)NC(=O)[C@H](N)Cc1ccc(O)c(I)c1)C(=O)O. The van der Waals surface area contributed by atoms with Gasteiger partial charge in [-0.15, -0.1) is 0 Å². The second-order valence-corrected chi connectivity index (χ2v) is 9.19. The molecule has 2 amide bonds. The number of carbonyl (C=O) groups is 3.